The predicted octanol–water partition coefficient (Wildman–Crippen LogP) is 1.75. The van der Waals surface area contributed by atoms with E-state index in [1.807, 2.05) is 0 Å². The van der Waals surface area contributed by atoms with Crippen molar-refractivity contribution < 1.29 is 29.1 Å². The molecule has 0 unspecified atom stereocenters. The topological polar surface area (TPSA) is 109 Å². The Morgan fingerprint density at radius 2 is 1.48 bits per heavy atom. The Hall–Kier alpha value is -2.13. The quantitative estimate of drug-likeness (QED) is 0.781. The monoisotopic (exact) mass is 352 g/mol. The highest BCUT2D eigenvalue weighted by Crippen LogP contribution is 2.22. The summed E-state index contributed by atoms with van der Waals surface area (Å²) in [6.07, 6.45) is -0.710. The molecule has 138 valence electrons. The van der Waals surface area contributed by atoms with E-state index in [9.17, 15) is 19.6 Å². The van der Waals surface area contributed by atoms with Crippen molar-refractivity contribution >= 4 is 30.6 Å². The summed E-state index contributed by atoms with van der Waals surface area (Å²) in [4.78, 5) is 29.7. The first-order valence-corrected chi connectivity index (χ1v) is 7.80. The lowest BCUT2D eigenvalue weighted by Crippen LogP contribution is -2.45. The van der Waals surface area contributed by atoms with E-state index in [0.717, 1.165) is 6.20 Å². The fraction of sp³-hybridized carbons (Fsp3) is 0.562. The summed E-state index contributed by atoms with van der Waals surface area (Å²) in [6.45, 7) is 11.6. The third kappa shape index (κ3) is 6.35. The number of hydrogen-bond acceptors (Lipinski definition) is 7. The molecule has 0 spiro atoms. The van der Waals surface area contributed by atoms with Crippen LogP contribution in [0.3, 0.4) is 0 Å². The number of aryl methyl sites for hydroxylation is 1. The van der Waals surface area contributed by atoms with Gasteiger partial charge in [0.2, 0.25) is 0 Å². The van der Waals surface area contributed by atoms with Crippen LogP contribution in [0.15, 0.2) is 12.3 Å². The number of ether oxygens (including phenoxy) is 2. The molecule has 0 aliphatic heterocycles. The summed E-state index contributed by atoms with van der Waals surface area (Å²) in [5, 5.41) is 18.4. The number of aromatic nitrogens is 1. The summed E-state index contributed by atoms with van der Waals surface area (Å²) in [7, 11) is -1.71. The Labute approximate surface area is 147 Å². The number of amides is 2. The number of imide groups is 1. The molecule has 1 heterocycles. The summed E-state index contributed by atoms with van der Waals surface area (Å²) < 4.78 is 10.5. The second-order valence-corrected chi connectivity index (χ2v) is 7.58. The number of carbonyl (C=O) groups excluding carboxylic acids is 2. The molecule has 9 heteroatoms. The molecular formula is C16H25BN2O6. The molecule has 0 radical (unpaired) electrons. The minimum Gasteiger partial charge on any atom is -0.443 e. The Balaban J connectivity index is 3.31. The van der Waals surface area contributed by atoms with Gasteiger partial charge in [0.15, 0.2) is 5.82 Å². The minimum absolute atomic E-state index is 0.00657. The summed E-state index contributed by atoms with van der Waals surface area (Å²) in [5.74, 6) is -0.00657. The fourth-order valence-corrected chi connectivity index (χ4v) is 1.83. The van der Waals surface area contributed by atoms with Crippen molar-refractivity contribution in [2.45, 2.75) is 59.7 Å². The third-order valence-corrected chi connectivity index (χ3v) is 2.73. The molecule has 0 atom stereocenters. The van der Waals surface area contributed by atoms with Crippen LogP contribution in [0.2, 0.25) is 0 Å². The van der Waals surface area contributed by atoms with Gasteiger partial charge in [-0.2, -0.15) is 4.90 Å². The number of hydrogen-bond donors (Lipinski definition) is 2. The molecule has 0 saturated heterocycles. The fourth-order valence-electron chi connectivity index (χ4n) is 1.83. The molecule has 8 nitrogen and oxygen atoms in total. The molecule has 0 fully saturated rings. The van der Waals surface area contributed by atoms with Crippen molar-refractivity contribution in [3.8, 4) is 0 Å². The minimum atomic E-state index is -1.71. The number of nitrogens with zero attached hydrogens (tertiary/aromatic N) is 2. The molecule has 0 bridgehead atoms. The summed E-state index contributed by atoms with van der Waals surface area (Å²) in [5.41, 5.74) is -1.14. The van der Waals surface area contributed by atoms with Gasteiger partial charge in [-0.3, -0.25) is 0 Å². The van der Waals surface area contributed by atoms with Gasteiger partial charge in [-0.15, -0.1) is 0 Å². The molecule has 0 aromatic carbocycles. The van der Waals surface area contributed by atoms with Gasteiger partial charge in [0.1, 0.15) is 11.2 Å². The smallest absolute Gasteiger partial charge is 0.443 e. The zero-order chi connectivity index (χ0) is 19.6. The molecule has 0 aliphatic carbocycles. The van der Waals surface area contributed by atoms with Crippen LogP contribution in [-0.2, 0) is 9.47 Å². The lowest BCUT2D eigenvalue weighted by molar-refractivity contribution is 0.0428. The van der Waals surface area contributed by atoms with Crippen molar-refractivity contribution in [3.63, 3.8) is 0 Å². The predicted molar refractivity (Wildman–Crippen MR) is 93.7 cm³/mol. The van der Waals surface area contributed by atoms with Crippen molar-refractivity contribution in [3.05, 3.63) is 17.8 Å². The molecule has 0 aliphatic rings. The van der Waals surface area contributed by atoms with Gasteiger partial charge in [-0.1, -0.05) is 6.07 Å². The van der Waals surface area contributed by atoms with Crippen LogP contribution in [0.4, 0.5) is 15.4 Å². The summed E-state index contributed by atoms with van der Waals surface area (Å²) in [6, 6.07) is 1.41. The standard InChI is InChI=1S/C16H25BN2O6/c1-10-8-11(17(22)23)9-18-12(10)19(13(20)24-15(2,3)4)14(21)25-16(5,6)7/h8-9,22-23H,1-7H3. The van der Waals surface area contributed by atoms with E-state index in [2.05, 4.69) is 4.98 Å². The largest absolute Gasteiger partial charge is 0.490 e. The zero-order valence-electron chi connectivity index (χ0n) is 15.7. The number of rotatable bonds is 2. The molecule has 1 rings (SSSR count). The van der Waals surface area contributed by atoms with Crippen LogP contribution in [-0.4, -0.2) is 45.5 Å². The van der Waals surface area contributed by atoms with Crippen LogP contribution < -0.4 is 10.4 Å². The van der Waals surface area contributed by atoms with Crippen molar-refractivity contribution in [2.24, 2.45) is 0 Å². The first kappa shape index (κ1) is 20.9. The second kappa shape index (κ2) is 7.41. The second-order valence-electron chi connectivity index (χ2n) is 7.58. The Bertz CT molecular complexity index is 621. The first-order chi connectivity index (χ1) is 11.2. The summed E-state index contributed by atoms with van der Waals surface area (Å²) >= 11 is 0. The first-order valence-electron chi connectivity index (χ1n) is 7.80. The van der Waals surface area contributed by atoms with E-state index in [4.69, 9.17) is 9.47 Å². The van der Waals surface area contributed by atoms with Gasteiger partial charge in [0.25, 0.3) is 0 Å². The van der Waals surface area contributed by atoms with Gasteiger partial charge in [0, 0.05) is 11.7 Å². The van der Waals surface area contributed by atoms with Crippen molar-refractivity contribution in [2.75, 3.05) is 4.90 Å². The van der Waals surface area contributed by atoms with E-state index in [1.165, 1.54) is 6.07 Å². The van der Waals surface area contributed by atoms with Crippen molar-refractivity contribution in [1.29, 1.82) is 0 Å². The SMILES string of the molecule is Cc1cc(B(O)O)cnc1N(C(=O)OC(C)(C)C)C(=O)OC(C)(C)C. The van der Waals surface area contributed by atoms with E-state index < -0.39 is 30.5 Å². The van der Waals surface area contributed by atoms with E-state index in [0.29, 0.717) is 10.5 Å². The van der Waals surface area contributed by atoms with Crippen LogP contribution >= 0.6 is 0 Å². The molecule has 1 aromatic rings. The van der Waals surface area contributed by atoms with E-state index in [-0.39, 0.29) is 11.3 Å². The molecule has 1 aromatic heterocycles. The van der Waals surface area contributed by atoms with Crippen LogP contribution in [0.1, 0.15) is 47.1 Å². The number of carbonyl (C=O) groups is 2. The average Bonchev–Trinajstić information content (AvgIpc) is 2.36. The van der Waals surface area contributed by atoms with Gasteiger partial charge in [0.05, 0.1) is 0 Å². The lowest BCUT2D eigenvalue weighted by Gasteiger charge is -2.28. The van der Waals surface area contributed by atoms with E-state index in [1.54, 1.807) is 48.5 Å². The molecule has 0 saturated carbocycles. The third-order valence-electron chi connectivity index (χ3n) is 2.73. The van der Waals surface area contributed by atoms with Gasteiger partial charge in [-0.05, 0) is 54.0 Å². The maximum absolute atomic E-state index is 12.5. The van der Waals surface area contributed by atoms with Gasteiger partial charge < -0.3 is 19.5 Å². The van der Waals surface area contributed by atoms with Crippen LogP contribution in [0, 0.1) is 6.92 Å². The van der Waals surface area contributed by atoms with Crippen LogP contribution in [0.5, 0.6) is 0 Å². The maximum Gasteiger partial charge on any atom is 0.490 e. The Kier molecular flexibility index (Phi) is 6.20. The highest BCUT2D eigenvalue weighted by atomic mass is 16.6. The zero-order valence-corrected chi connectivity index (χ0v) is 15.7. The van der Waals surface area contributed by atoms with Gasteiger partial charge >= 0.3 is 19.3 Å². The lowest BCUT2D eigenvalue weighted by atomic mass is 9.81. The number of pyridine rings is 1. The molecular weight excluding hydrogens is 327 g/mol. The highest BCUT2D eigenvalue weighted by Gasteiger charge is 2.34. The molecule has 2 amide bonds. The number of anilines is 1. The van der Waals surface area contributed by atoms with Gasteiger partial charge in [-0.25, -0.2) is 14.6 Å². The Morgan fingerprint density at radius 3 is 1.80 bits per heavy atom. The Morgan fingerprint density at radius 1 is 1.04 bits per heavy atom. The maximum atomic E-state index is 12.5. The van der Waals surface area contributed by atoms with Crippen LogP contribution in [0.25, 0.3) is 0 Å². The molecule has 25 heavy (non-hydrogen) atoms. The highest BCUT2D eigenvalue weighted by molar-refractivity contribution is 6.58. The normalized spacial score (nSPS) is 11.7. The average molecular weight is 352 g/mol. The van der Waals surface area contributed by atoms with Crippen molar-refractivity contribution in [1.82, 2.24) is 4.98 Å². The van der Waals surface area contributed by atoms with E-state index >= 15 is 0 Å². The molecule has 2 N–H and O–H groups in total.